The standard InChI is InChI=1S/C22H17N/c1-14-17-12-10-16-7-3-5-9-19(16)22(17)23-20-13-11-15-6-2-4-8-18(15)21(14)20/h2-14,23H,1H3. The highest BCUT2D eigenvalue weighted by Gasteiger charge is 2.25. The van der Waals surface area contributed by atoms with Gasteiger partial charge in [-0.05, 0) is 33.4 Å². The van der Waals surface area contributed by atoms with Gasteiger partial charge in [0.1, 0.15) is 0 Å². The van der Waals surface area contributed by atoms with E-state index in [-0.39, 0.29) is 0 Å². The van der Waals surface area contributed by atoms with Crippen LogP contribution in [0, 0.1) is 0 Å². The number of nitrogens with one attached hydrogen (secondary N) is 1. The Hall–Kier alpha value is -2.80. The molecule has 5 rings (SSSR count). The molecular formula is C22H17N. The molecule has 0 spiro atoms. The van der Waals surface area contributed by atoms with E-state index in [0.717, 1.165) is 0 Å². The molecular weight excluding hydrogens is 278 g/mol. The average molecular weight is 295 g/mol. The Labute approximate surface area is 135 Å². The van der Waals surface area contributed by atoms with Gasteiger partial charge in [0.05, 0.1) is 5.69 Å². The van der Waals surface area contributed by atoms with Crippen molar-refractivity contribution >= 4 is 32.9 Å². The molecule has 4 aromatic rings. The molecule has 1 N–H and O–H groups in total. The van der Waals surface area contributed by atoms with Crippen LogP contribution in [0.5, 0.6) is 0 Å². The van der Waals surface area contributed by atoms with Gasteiger partial charge in [-0.1, -0.05) is 73.7 Å². The lowest BCUT2D eigenvalue weighted by molar-refractivity contribution is 0.925. The molecule has 0 amide bonds. The number of benzene rings is 4. The maximum atomic E-state index is 3.71. The van der Waals surface area contributed by atoms with E-state index >= 15 is 0 Å². The summed E-state index contributed by atoms with van der Waals surface area (Å²) >= 11 is 0. The van der Waals surface area contributed by atoms with Crippen molar-refractivity contribution in [1.29, 1.82) is 0 Å². The highest BCUT2D eigenvalue weighted by molar-refractivity contribution is 6.02. The Morgan fingerprint density at radius 2 is 1.35 bits per heavy atom. The van der Waals surface area contributed by atoms with Crippen molar-refractivity contribution in [3.8, 4) is 0 Å². The van der Waals surface area contributed by atoms with Crippen molar-refractivity contribution in [3.63, 3.8) is 0 Å². The number of rotatable bonds is 0. The molecule has 0 saturated carbocycles. The highest BCUT2D eigenvalue weighted by Crippen LogP contribution is 2.46. The second-order valence-electron chi connectivity index (χ2n) is 6.35. The van der Waals surface area contributed by atoms with Crippen molar-refractivity contribution in [2.45, 2.75) is 12.8 Å². The van der Waals surface area contributed by atoms with Gasteiger partial charge in [-0.25, -0.2) is 0 Å². The van der Waals surface area contributed by atoms with Gasteiger partial charge in [0.25, 0.3) is 0 Å². The molecule has 1 heterocycles. The topological polar surface area (TPSA) is 12.0 Å². The van der Waals surface area contributed by atoms with Crippen LogP contribution >= 0.6 is 0 Å². The summed E-state index contributed by atoms with van der Waals surface area (Å²) in [4.78, 5) is 0. The molecule has 0 bridgehead atoms. The van der Waals surface area contributed by atoms with Crippen LogP contribution < -0.4 is 5.32 Å². The average Bonchev–Trinajstić information content (AvgIpc) is 2.61. The van der Waals surface area contributed by atoms with Crippen molar-refractivity contribution in [3.05, 3.63) is 83.9 Å². The lowest BCUT2D eigenvalue weighted by atomic mass is 9.83. The molecule has 0 fully saturated rings. The Morgan fingerprint density at radius 3 is 2.17 bits per heavy atom. The smallest absolute Gasteiger partial charge is 0.0502 e. The van der Waals surface area contributed by atoms with Crippen LogP contribution in [0.15, 0.2) is 72.8 Å². The van der Waals surface area contributed by atoms with E-state index in [0.29, 0.717) is 5.92 Å². The summed E-state index contributed by atoms with van der Waals surface area (Å²) < 4.78 is 0. The second kappa shape index (κ2) is 4.60. The van der Waals surface area contributed by atoms with E-state index in [2.05, 4.69) is 85.0 Å². The van der Waals surface area contributed by atoms with Gasteiger partial charge in [-0.2, -0.15) is 0 Å². The Bertz CT molecular complexity index is 1060. The minimum Gasteiger partial charge on any atom is -0.355 e. The van der Waals surface area contributed by atoms with Gasteiger partial charge in [0.2, 0.25) is 0 Å². The SMILES string of the molecule is CC1c2ccc3ccccc3c2Nc2ccc3ccccc3c21. The monoisotopic (exact) mass is 295 g/mol. The lowest BCUT2D eigenvalue weighted by Gasteiger charge is -2.29. The van der Waals surface area contributed by atoms with Gasteiger partial charge < -0.3 is 5.32 Å². The van der Waals surface area contributed by atoms with E-state index < -0.39 is 0 Å². The van der Waals surface area contributed by atoms with Crippen LogP contribution in [0.4, 0.5) is 11.4 Å². The Balaban J connectivity index is 1.83. The zero-order valence-electron chi connectivity index (χ0n) is 13.0. The third-order valence-corrected chi connectivity index (χ3v) is 5.09. The molecule has 0 saturated heterocycles. The fraction of sp³-hybridized carbons (Fsp3) is 0.0909. The fourth-order valence-electron chi connectivity index (χ4n) is 3.95. The summed E-state index contributed by atoms with van der Waals surface area (Å²) in [5, 5.41) is 8.95. The van der Waals surface area contributed by atoms with Crippen molar-refractivity contribution in [1.82, 2.24) is 0 Å². The second-order valence-corrected chi connectivity index (χ2v) is 6.35. The third-order valence-electron chi connectivity index (χ3n) is 5.09. The predicted octanol–water partition coefficient (Wildman–Crippen LogP) is 6.20. The molecule has 1 aliphatic heterocycles. The first kappa shape index (κ1) is 12.7. The van der Waals surface area contributed by atoms with Gasteiger partial charge in [-0.15, -0.1) is 0 Å². The summed E-state index contributed by atoms with van der Waals surface area (Å²) in [6.45, 7) is 2.32. The molecule has 1 nitrogen and oxygen atoms in total. The van der Waals surface area contributed by atoms with Crippen LogP contribution in [0.2, 0.25) is 0 Å². The van der Waals surface area contributed by atoms with Crippen LogP contribution in [-0.2, 0) is 0 Å². The Kier molecular flexibility index (Phi) is 2.54. The lowest BCUT2D eigenvalue weighted by Crippen LogP contribution is -2.11. The van der Waals surface area contributed by atoms with E-state index in [4.69, 9.17) is 0 Å². The molecule has 1 unspecified atom stereocenters. The number of fused-ring (bicyclic) bond motifs is 6. The van der Waals surface area contributed by atoms with Gasteiger partial charge >= 0.3 is 0 Å². The normalized spacial score (nSPS) is 16.0. The molecule has 0 radical (unpaired) electrons. The molecule has 0 aromatic heterocycles. The van der Waals surface area contributed by atoms with Gasteiger partial charge in [0, 0.05) is 17.0 Å². The molecule has 1 aliphatic rings. The number of hydrogen-bond donors (Lipinski definition) is 1. The van der Waals surface area contributed by atoms with Crippen molar-refractivity contribution in [2.24, 2.45) is 0 Å². The fourth-order valence-corrected chi connectivity index (χ4v) is 3.95. The largest absolute Gasteiger partial charge is 0.355 e. The molecule has 0 aliphatic carbocycles. The minimum atomic E-state index is 0.386. The highest BCUT2D eigenvalue weighted by atomic mass is 14.9. The van der Waals surface area contributed by atoms with Crippen molar-refractivity contribution in [2.75, 3.05) is 5.32 Å². The zero-order valence-corrected chi connectivity index (χ0v) is 13.0. The van der Waals surface area contributed by atoms with E-state index in [9.17, 15) is 0 Å². The molecule has 1 heteroatoms. The van der Waals surface area contributed by atoms with E-state index in [1.165, 1.54) is 44.0 Å². The first-order chi connectivity index (χ1) is 11.3. The quantitative estimate of drug-likeness (QED) is 0.407. The van der Waals surface area contributed by atoms with Gasteiger partial charge in [0.15, 0.2) is 0 Å². The summed E-state index contributed by atoms with van der Waals surface area (Å²) in [6, 6.07) is 26.2. The van der Waals surface area contributed by atoms with Crippen LogP contribution in [0.1, 0.15) is 24.0 Å². The van der Waals surface area contributed by atoms with E-state index in [1.807, 2.05) is 0 Å². The van der Waals surface area contributed by atoms with Crippen LogP contribution in [-0.4, -0.2) is 0 Å². The van der Waals surface area contributed by atoms with Gasteiger partial charge in [-0.3, -0.25) is 0 Å². The van der Waals surface area contributed by atoms with Crippen LogP contribution in [0.3, 0.4) is 0 Å². The van der Waals surface area contributed by atoms with Crippen molar-refractivity contribution < 1.29 is 0 Å². The maximum Gasteiger partial charge on any atom is 0.0502 e. The third kappa shape index (κ3) is 1.74. The molecule has 110 valence electrons. The first-order valence-corrected chi connectivity index (χ1v) is 8.13. The molecule has 4 aromatic carbocycles. The van der Waals surface area contributed by atoms with E-state index in [1.54, 1.807) is 0 Å². The molecule has 23 heavy (non-hydrogen) atoms. The summed E-state index contributed by atoms with van der Waals surface area (Å²) in [5.41, 5.74) is 5.29. The Morgan fingerprint density at radius 1 is 0.696 bits per heavy atom. The predicted molar refractivity (Wildman–Crippen MR) is 98.7 cm³/mol. The zero-order chi connectivity index (χ0) is 15.4. The van der Waals surface area contributed by atoms with Crippen LogP contribution in [0.25, 0.3) is 21.5 Å². The summed E-state index contributed by atoms with van der Waals surface area (Å²) in [7, 11) is 0. The molecule has 1 atom stereocenters. The minimum absolute atomic E-state index is 0.386. The first-order valence-electron chi connectivity index (χ1n) is 8.13. The number of anilines is 2. The summed E-state index contributed by atoms with van der Waals surface area (Å²) in [6.07, 6.45) is 0. The summed E-state index contributed by atoms with van der Waals surface area (Å²) in [5.74, 6) is 0.386. The number of hydrogen-bond acceptors (Lipinski definition) is 1. The maximum absolute atomic E-state index is 3.71.